The van der Waals surface area contributed by atoms with Crippen molar-refractivity contribution in [2.75, 3.05) is 0 Å². The highest BCUT2D eigenvalue weighted by Crippen LogP contribution is 2.32. The molecular formula is C30H21BO2. The van der Waals surface area contributed by atoms with E-state index in [1.807, 2.05) is 18.2 Å². The van der Waals surface area contributed by atoms with Gasteiger partial charge in [-0.1, -0.05) is 109 Å². The van der Waals surface area contributed by atoms with Gasteiger partial charge in [0, 0.05) is 0 Å². The molecule has 0 spiro atoms. The fourth-order valence-electron chi connectivity index (χ4n) is 4.75. The molecule has 0 saturated heterocycles. The van der Waals surface area contributed by atoms with E-state index in [2.05, 4.69) is 91.0 Å². The molecule has 0 fully saturated rings. The van der Waals surface area contributed by atoms with Crippen LogP contribution in [0, 0.1) is 0 Å². The lowest BCUT2D eigenvalue weighted by molar-refractivity contribution is 0.426. The number of rotatable bonds is 3. The van der Waals surface area contributed by atoms with E-state index in [1.165, 1.54) is 33.0 Å². The Morgan fingerprint density at radius 3 is 1.85 bits per heavy atom. The SMILES string of the molecule is OB(O)c1ccc2c(ccc3cc(-c4ccc(-c5cccc6ccccc56)cc4)ccc32)c1. The van der Waals surface area contributed by atoms with Gasteiger partial charge in [0.25, 0.3) is 0 Å². The monoisotopic (exact) mass is 424 g/mol. The number of hydrogen-bond acceptors (Lipinski definition) is 2. The maximum atomic E-state index is 9.46. The number of fused-ring (bicyclic) bond motifs is 4. The Morgan fingerprint density at radius 1 is 0.424 bits per heavy atom. The largest absolute Gasteiger partial charge is 0.488 e. The lowest BCUT2D eigenvalue weighted by Crippen LogP contribution is -2.29. The smallest absolute Gasteiger partial charge is 0.423 e. The zero-order valence-corrected chi connectivity index (χ0v) is 17.9. The molecule has 0 amide bonds. The highest BCUT2D eigenvalue weighted by molar-refractivity contribution is 6.59. The van der Waals surface area contributed by atoms with Crippen LogP contribution in [-0.4, -0.2) is 17.2 Å². The fraction of sp³-hybridized carbons (Fsp3) is 0. The molecule has 0 aromatic heterocycles. The summed E-state index contributed by atoms with van der Waals surface area (Å²) >= 11 is 0. The van der Waals surface area contributed by atoms with Crippen molar-refractivity contribution in [3.63, 3.8) is 0 Å². The molecule has 0 heterocycles. The molecule has 6 rings (SSSR count). The zero-order chi connectivity index (χ0) is 22.4. The third-order valence-corrected chi connectivity index (χ3v) is 6.48. The Bertz CT molecular complexity index is 1630. The third-order valence-electron chi connectivity index (χ3n) is 6.48. The van der Waals surface area contributed by atoms with E-state index in [0.29, 0.717) is 5.46 Å². The van der Waals surface area contributed by atoms with Gasteiger partial charge < -0.3 is 10.0 Å². The van der Waals surface area contributed by atoms with Crippen molar-refractivity contribution in [2.45, 2.75) is 0 Å². The van der Waals surface area contributed by atoms with Crippen LogP contribution < -0.4 is 5.46 Å². The van der Waals surface area contributed by atoms with Crippen LogP contribution in [0.2, 0.25) is 0 Å². The van der Waals surface area contributed by atoms with Crippen molar-refractivity contribution in [1.82, 2.24) is 0 Å². The minimum atomic E-state index is -1.45. The van der Waals surface area contributed by atoms with Crippen molar-refractivity contribution in [3.8, 4) is 22.3 Å². The van der Waals surface area contributed by atoms with Gasteiger partial charge in [-0.3, -0.25) is 0 Å². The molecule has 0 aliphatic heterocycles. The first-order valence-electron chi connectivity index (χ1n) is 11.1. The summed E-state index contributed by atoms with van der Waals surface area (Å²) in [5.41, 5.74) is 5.32. The quantitative estimate of drug-likeness (QED) is 0.264. The van der Waals surface area contributed by atoms with Crippen molar-refractivity contribution in [2.24, 2.45) is 0 Å². The standard InChI is InChI=1S/C30H21BO2/c32-31(33)26-15-17-30-25(19-26)13-12-24-18-23(14-16-29(24)30)20-8-10-22(11-9-20)28-7-3-5-21-4-1-2-6-27(21)28/h1-19,32-33H. The van der Waals surface area contributed by atoms with Crippen LogP contribution in [0.1, 0.15) is 0 Å². The Labute approximate surface area is 192 Å². The Balaban J connectivity index is 1.39. The summed E-state index contributed by atoms with van der Waals surface area (Å²) in [6.45, 7) is 0. The van der Waals surface area contributed by atoms with Gasteiger partial charge in [-0.25, -0.2) is 0 Å². The normalized spacial score (nSPS) is 11.3. The molecule has 2 nitrogen and oxygen atoms in total. The molecule has 3 heteroatoms. The Hall–Kier alpha value is -3.92. The lowest BCUT2D eigenvalue weighted by atomic mass is 9.79. The molecule has 6 aromatic carbocycles. The molecule has 0 aliphatic rings. The minimum Gasteiger partial charge on any atom is -0.423 e. The van der Waals surface area contributed by atoms with Gasteiger partial charge in [-0.05, 0) is 66.1 Å². The van der Waals surface area contributed by atoms with Crippen molar-refractivity contribution in [1.29, 1.82) is 0 Å². The molecule has 0 bridgehead atoms. The van der Waals surface area contributed by atoms with Crippen LogP contribution in [0.3, 0.4) is 0 Å². The highest BCUT2D eigenvalue weighted by atomic mass is 16.4. The average Bonchev–Trinajstić information content (AvgIpc) is 2.87. The zero-order valence-electron chi connectivity index (χ0n) is 17.9. The van der Waals surface area contributed by atoms with Crippen molar-refractivity contribution in [3.05, 3.63) is 115 Å². The van der Waals surface area contributed by atoms with Crippen LogP contribution in [-0.2, 0) is 0 Å². The summed E-state index contributed by atoms with van der Waals surface area (Å²) in [6, 6.07) is 39.9. The first kappa shape index (κ1) is 19.7. The predicted molar refractivity (Wildman–Crippen MR) is 140 cm³/mol. The molecule has 2 N–H and O–H groups in total. The molecule has 33 heavy (non-hydrogen) atoms. The molecular weight excluding hydrogens is 403 g/mol. The molecule has 0 atom stereocenters. The number of hydrogen-bond donors (Lipinski definition) is 2. The molecule has 0 radical (unpaired) electrons. The summed E-state index contributed by atoms with van der Waals surface area (Å²) in [7, 11) is -1.45. The first-order valence-corrected chi connectivity index (χ1v) is 11.1. The van der Waals surface area contributed by atoms with Gasteiger partial charge in [0.05, 0.1) is 0 Å². The van der Waals surface area contributed by atoms with Gasteiger partial charge in [0.1, 0.15) is 0 Å². The van der Waals surface area contributed by atoms with Gasteiger partial charge >= 0.3 is 7.12 Å². The summed E-state index contributed by atoms with van der Waals surface area (Å²) in [5, 5.41) is 25.9. The van der Waals surface area contributed by atoms with E-state index in [4.69, 9.17) is 0 Å². The van der Waals surface area contributed by atoms with Gasteiger partial charge in [0.15, 0.2) is 0 Å². The summed E-state index contributed by atoms with van der Waals surface area (Å²) in [5.74, 6) is 0. The predicted octanol–water partition coefficient (Wildman–Crippen LogP) is 6.16. The second-order valence-electron chi connectivity index (χ2n) is 8.46. The number of benzene rings is 6. The van der Waals surface area contributed by atoms with Crippen molar-refractivity contribution < 1.29 is 10.0 Å². The van der Waals surface area contributed by atoms with Crippen LogP contribution in [0.25, 0.3) is 54.6 Å². The average molecular weight is 424 g/mol. The van der Waals surface area contributed by atoms with E-state index >= 15 is 0 Å². The Kier molecular flexibility index (Phi) is 4.72. The highest BCUT2D eigenvalue weighted by Gasteiger charge is 2.12. The molecule has 0 saturated carbocycles. The molecule has 0 unspecified atom stereocenters. The minimum absolute atomic E-state index is 0.504. The van der Waals surface area contributed by atoms with E-state index < -0.39 is 7.12 Å². The fourth-order valence-corrected chi connectivity index (χ4v) is 4.75. The van der Waals surface area contributed by atoms with Gasteiger partial charge in [0.2, 0.25) is 0 Å². The van der Waals surface area contributed by atoms with Crippen LogP contribution in [0.5, 0.6) is 0 Å². The van der Waals surface area contributed by atoms with Crippen LogP contribution in [0.4, 0.5) is 0 Å². The van der Waals surface area contributed by atoms with Gasteiger partial charge in [-0.15, -0.1) is 0 Å². The first-order chi connectivity index (χ1) is 16.2. The maximum Gasteiger partial charge on any atom is 0.488 e. The Morgan fingerprint density at radius 2 is 1.06 bits per heavy atom. The van der Waals surface area contributed by atoms with E-state index in [0.717, 1.165) is 21.5 Å². The third kappa shape index (κ3) is 3.48. The molecule has 6 aromatic rings. The van der Waals surface area contributed by atoms with Crippen molar-refractivity contribution >= 4 is 44.9 Å². The van der Waals surface area contributed by atoms with Crippen LogP contribution >= 0.6 is 0 Å². The van der Waals surface area contributed by atoms with E-state index in [1.54, 1.807) is 6.07 Å². The maximum absolute atomic E-state index is 9.46. The van der Waals surface area contributed by atoms with E-state index in [-0.39, 0.29) is 0 Å². The summed E-state index contributed by atoms with van der Waals surface area (Å²) < 4.78 is 0. The second-order valence-corrected chi connectivity index (χ2v) is 8.46. The van der Waals surface area contributed by atoms with Gasteiger partial charge in [-0.2, -0.15) is 0 Å². The van der Waals surface area contributed by atoms with Crippen LogP contribution in [0.15, 0.2) is 115 Å². The topological polar surface area (TPSA) is 40.5 Å². The summed E-state index contributed by atoms with van der Waals surface area (Å²) in [6.07, 6.45) is 0. The second kappa shape index (κ2) is 7.89. The molecule has 0 aliphatic carbocycles. The summed E-state index contributed by atoms with van der Waals surface area (Å²) in [4.78, 5) is 0. The van der Waals surface area contributed by atoms with E-state index in [9.17, 15) is 10.0 Å². The lowest BCUT2D eigenvalue weighted by Gasteiger charge is -2.10. The molecule has 156 valence electrons.